The molecular weight excluding hydrogens is 202 g/mol. The van der Waals surface area contributed by atoms with Crippen LogP contribution in [0.25, 0.3) is 0 Å². The van der Waals surface area contributed by atoms with Crippen LogP contribution in [0, 0.1) is 0 Å². The monoisotopic (exact) mass is 215 g/mol. The average Bonchev–Trinajstić information content (AvgIpc) is 2.05. The number of hydrogen-bond donors (Lipinski definition) is 1. The maximum absolute atomic E-state index is 11.0. The smallest absolute Gasteiger partial charge is 0.243 e. The highest BCUT2D eigenvalue weighted by molar-refractivity contribution is 6.13. The molecule has 1 amide bonds. The summed E-state index contributed by atoms with van der Waals surface area (Å²) in [4.78, 5) is 13.3. The molecule has 0 saturated carbocycles. The van der Waals surface area contributed by atoms with E-state index in [0.29, 0.717) is 12.1 Å². The van der Waals surface area contributed by atoms with Gasteiger partial charge in [-0.2, -0.15) is 0 Å². The van der Waals surface area contributed by atoms with Crippen molar-refractivity contribution >= 4 is 17.7 Å². The summed E-state index contributed by atoms with van der Waals surface area (Å²) in [7, 11) is 0. The quantitative estimate of drug-likeness (QED) is 0.524. The van der Waals surface area contributed by atoms with E-state index in [-0.39, 0.29) is 5.91 Å². The predicted octanol–water partition coefficient (Wildman–Crippen LogP) is -0.189. The van der Waals surface area contributed by atoms with Gasteiger partial charge >= 0.3 is 0 Å². The number of carbonyl (C=O) groups is 1. The molecule has 0 aromatic heterocycles. The Morgan fingerprint density at radius 3 is 2.57 bits per heavy atom. The summed E-state index contributed by atoms with van der Waals surface area (Å²) in [5, 5.41) is 2.87. The zero-order chi connectivity index (χ0) is 10.1. The highest BCUT2D eigenvalue weighted by Gasteiger charge is 2.38. The van der Waals surface area contributed by atoms with E-state index in [9.17, 15) is 4.79 Å². The minimum atomic E-state index is -0.0813. The first kappa shape index (κ1) is 9.96. The molecule has 2 aliphatic heterocycles. The third-order valence-electron chi connectivity index (χ3n) is 2.78. The largest absolute Gasteiger partial charge is 0.347 e. The standard InChI is InChI=1S/C9H14ClN3O/c1-2-9(14)11-7-3-12(4-7)8-5-13(10)6-8/h2,7-8H,1,3-6H2,(H,11,14). The number of hydrogen-bond acceptors (Lipinski definition) is 3. The molecule has 0 radical (unpaired) electrons. The predicted molar refractivity (Wildman–Crippen MR) is 54.9 cm³/mol. The summed E-state index contributed by atoms with van der Waals surface area (Å²) < 4.78 is 1.78. The maximum atomic E-state index is 11.0. The molecular formula is C9H14ClN3O. The number of nitrogens with zero attached hydrogens (tertiary/aromatic N) is 2. The Morgan fingerprint density at radius 1 is 1.43 bits per heavy atom. The lowest BCUT2D eigenvalue weighted by Crippen LogP contribution is -2.68. The molecule has 0 unspecified atom stereocenters. The van der Waals surface area contributed by atoms with Crippen LogP contribution >= 0.6 is 11.8 Å². The third kappa shape index (κ3) is 1.92. The second kappa shape index (κ2) is 3.88. The number of halogens is 1. The molecule has 2 saturated heterocycles. The number of carbonyl (C=O) groups excluding carboxylic acids is 1. The Hall–Kier alpha value is -0.580. The van der Waals surface area contributed by atoms with E-state index in [1.54, 1.807) is 4.42 Å². The summed E-state index contributed by atoms with van der Waals surface area (Å²) in [6.07, 6.45) is 1.31. The SMILES string of the molecule is C=CC(=O)NC1CN(C2CN(Cl)C2)C1. The van der Waals surface area contributed by atoms with Crippen LogP contribution in [0.4, 0.5) is 0 Å². The van der Waals surface area contributed by atoms with Crippen LogP contribution in [-0.2, 0) is 4.79 Å². The van der Waals surface area contributed by atoms with Crippen LogP contribution in [-0.4, -0.2) is 53.5 Å². The van der Waals surface area contributed by atoms with Gasteiger partial charge in [-0.25, -0.2) is 4.42 Å². The van der Waals surface area contributed by atoms with E-state index in [4.69, 9.17) is 11.8 Å². The lowest BCUT2D eigenvalue weighted by Gasteiger charge is -2.49. The maximum Gasteiger partial charge on any atom is 0.243 e. The zero-order valence-corrected chi connectivity index (χ0v) is 8.70. The number of amides is 1. The van der Waals surface area contributed by atoms with Gasteiger partial charge in [0.2, 0.25) is 5.91 Å². The summed E-state index contributed by atoms with van der Waals surface area (Å²) in [6, 6.07) is 0.884. The van der Waals surface area contributed by atoms with Gasteiger partial charge in [-0.1, -0.05) is 6.58 Å². The molecule has 2 heterocycles. The summed E-state index contributed by atoms with van der Waals surface area (Å²) in [6.45, 7) is 7.16. The van der Waals surface area contributed by atoms with Gasteiger partial charge in [-0.3, -0.25) is 9.69 Å². The third-order valence-corrected chi connectivity index (χ3v) is 3.05. The Kier molecular flexibility index (Phi) is 2.76. The molecule has 0 aromatic carbocycles. The molecule has 0 atom stereocenters. The van der Waals surface area contributed by atoms with E-state index < -0.39 is 0 Å². The number of nitrogens with one attached hydrogen (secondary N) is 1. The van der Waals surface area contributed by atoms with Gasteiger partial charge in [0.25, 0.3) is 0 Å². The molecule has 4 nitrogen and oxygen atoms in total. The number of likely N-dealkylation sites (tertiary alicyclic amines) is 1. The lowest BCUT2D eigenvalue weighted by atomic mass is 10.0. The summed E-state index contributed by atoms with van der Waals surface area (Å²) >= 11 is 5.74. The Labute approximate surface area is 88.6 Å². The van der Waals surface area contributed by atoms with Gasteiger partial charge in [-0.05, 0) is 17.9 Å². The van der Waals surface area contributed by atoms with Gasteiger partial charge in [0.1, 0.15) is 0 Å². The van der Waals surface area contributed by atoms with Crippen LogP contribution in [0.1, 0.15) is 0 Å². The first-order valence-electron chi connectivity index (χ1n) is 4.76. The van der Waals surface area contributed by atoms with Crippen molar-refractivity contribution in [2.75, 3.05) is 26.2 Å². The van der Waals surface area contributed by atoms with Crippen molar-refractivity contribution in [1.29, 1.82) is 0 Å². The van der Waals surface area contributed by atoms with Gasteiger partial charge in [0.05, 0.1) is 6.04 Å². The van der Waals surface area contributed by atoms with Crippen molar-refractivity contribution in [3.8, 4) is 0 Å². The van der Waals surface area contributed by atoms with Crippen molar-refractivity contribution in [1.82, 2.24) is 14.6 Å². The minimum absolute atomic E-state index is 0.0813. The van der Waals surface area contributed by atoms with Gasteiger partial charge in [0.15, 0.2) is 0 Å². The molecule has 78 valence electrons. The van der Waals surface area contributed by atoms with Crippen LogP contribution < -0.4 is 5.32 Å². The van der Waals surface area contributed by atoms with E-state index in [1.807, 2.05) is 0 Å². The van der Waals surface area contributed by atoms with Gasteiger partial charge in [0, 0.05) is 32.2 Å². The topological polar surface area (TPSA) is 35.6 Å². The zero-order valence-electron chi connectivity index (χ0n) is 7.95. The summed E-state index contributed by atoms with van der Waals surface area (Å²) in [5.41, 5.74) is 0. The normalized spacial score (nSPS) is 25.2. The van der Waals surface area contributed by atoms with Gasteiger partial charge < -0.3 is 5.32 Å². The van der Waals surface area contributed by atoms with E-state index in [0.717, 1.165) is 26.2 Å². The molecule has 0 aromatic rings. The fraction of sp³-hybridized carbons (Fsp3) is 0.667. The first-order chi connectivity index (χ1) is 6.69. The molecule has 0 aliphatic carbocycles. The molecule has 2 fully saturated rings. The lowest BCUT2D eigenvalue weighted by molar-refractivity contribution is -0.118. The average molecular weight is 216 g/mol. The fourth-order valence-corrected chi connectivity index (χ4v) is 2.12. The van der Waals surface area contributed by atoms with Crippen LogP contribution in [0.15, 0.2) is 12.7 Å². The van der Waals surface area contributed by atoms with Crippen molar-refractivity contribution in [2.45, 2.75) is 12.1 Å². The molecule has 0 bridgehead atoms. The van der Waals surface area contributed by atoms with E-state index in [1.165, 1.54) is 6.08 Å². The molecule has 0 spiro atoms. The Morgan fingerprint density at radius 2 is 2.07 bits per heavy atom. The van der Waals surface area contributed by atoms with Crippen LogP contribution in [0.5, 0.6) is 0 Å². The van der Waals surface area contributed by atoms with Crippen molar-refractivity contribution in [2.24, 2.45) is 0 Å². The molecule has 1 N–H and O–H groups in total. The first-order valence-corrected chi connectivity index (χ1v) is 5.10. The molecule has 14 heavy (non-hydrogen) atoms. The van der Waals surface area contributed by atoms with E-state index in [2.05, 4.69) is 16.8 Å². The minimum Gasteiger partial charge on any atom is -0.347 e. The van der Waals surface area contributed by atoms with Crippen molar-refractivity contribution < 1.29 is 4.79 Å². The van der Waals surface area contributed by atoms with Gasteiger partial charge in [-0.15, -0.1) is 0 Å². The second-order valence-electron chi connectivity index (χ2n) is 3.85. The molecule has 2 rings (SSSR count). The van der Waals surface area contributed by atoms with Crippen molar-refractivity contribution in [3.05, 3.63) is 12.7 Å². The second-order valence-corrected chi connectivity index (χ2v) is 4.32. The molecule has 2 aliphatic rings. The molecule has 5 heteroatoms. The highest BCUT2D eigenvalue weighted by atomic mass is 35.5. The van der Waals surface area contributed by atoms with E-state index >= 15 is 0 Å². The van der Waals surface area contributed by atoms with Crippen LogP contribution in [0.2, 0.25) is 0 Å². The Balaban J connectivity index is 1.65. The number of rotatable bonds is 3. The summed E-state index contributed by atoms with van der Waals surface area (Å²) in [5.74, 6) is -0.0813. The fourth-order valence-electron chi connectivity index (χ4n) is 1.80. The Bertz CT molecular complexity index is 246. The van der Waals surface area contributed by atoms with Crippen molar-refractivity contribution in [3.63, 3.8) is 0 Å². The van der Waals surface area contributed by atoms with Crippen LogP contribution in [0.3, 0.4) is 0 Å². The highest BCUT2D eigenvalue weighted by Crippen LogP contribution is 2.21.